The highest BCUT2D eigenvalue weighted by molar-refractivity contribution is 6.00. The first kappa shape index (κ1) is 10.8. The number of benzene rings is 1. The third-order valence-corrected chi connectivity index (χ3v) is 3.96. The zero-order chi connectivity index (χ0) is 11.7. The molecule has 0 bridgehead atoms. The van der Waals surface area contributed by atoms with Crippen LogP contribution in [0.15, 0.2) is 18.2 Å². The van der Waals surface area contributed by atoms with E-state index >= 15 is 0 Å². The molecule has 0 heterocycles. The van der Waals surface area contributed by atoms with Gasteiger partial charge in [-0.1, -0.05) is 12.8 Å². The van der Waals surface area contributed by atoms with Gasteiger partial charge >= 0.3 is 0 Å². The monoisotopic (exact) mass is 230 g/mol. The van der Waals surface area contributed by atoms with E-state index in [1.54, 1.807) is 0 Å². The van der Waals surface area contributed by atoms with Crippen molar-refractivity contribution in [3.63, 3.8) is 0 Å². The number of ketones is 1. The Balaban J connectivity index is 1.66. The van der Waals surface area contributed by atoms with Gasteiger partial charge in [-0.25, -0.2) is 0 Å². The lowest BCUT2D eigenvalue weighted by molar-refractivity contribution is 0.0994. The number of rotatable bonds is 3. The van der Waals surface area contributed by atoms with Crippen molar-refractivity contribution in [2.75, 3.05) is 6.61 Å². The molecule has 2 heteroatoms. The van der Waals surface area contributed by atoms with E-state index in [-0.39, 0.29) is 5.78 Å². The second kappa shape index (κ2) is 4.52. The Morgan fingerprint density at radius 1 is 1.18 bits per heavy atom. The second-order valence-electron chi connectivity index (χ2n) is 5.20. The molecule has 0 N–H and O–H groups in total. The smallest absolute Gasteiger partial charge is 0.163 e. The summed E-state index contributed by atoms with van der Waals surface area (Å²) < 4.78 is 5.84. The average molecular weight is 230 g/mol. The maximum atomic E-state index is 11.5. The van der Waals surface area contributed by atoms with E-state index in [1.807, 2.05) is 12.1 Å². The maximum Gasteiger partial charge on any atom is 0.163 e. The standard InChI is InChI=1S/C15H18O2/c16-15-8-5-12-9-13(6-7-14(12)15)17-10-11-3-1-2-4-11/h6-7,9,11H,1-5,8,10H2. The van der Waals surface area contributed by atoms with Gasteiger partial charge in [0.1, 0.15) is 5.75 Å². The summed E-state index contributed by atoms with van der Waals surface area (Å²) >= 11 is 0. The van der Waals surface area contributed by atoms with Crippen molar-refractivity contribution in [3.05, 3.63) is 29.3 Å². The van der Waals surface area contributed by atoms with Crippen LogP contribution in [-0.2, 0) is 6.42 Å². The third-order valence-electron chi connectivity index (χ3n) is 3.96. The molecule has 1 fully saturated rings. The van der Waals surface area contributed by atoms with Gasteiger partial charge in [0, 0.05) is 12.0 Å². The number of carbonyl (C=O) groups is 1. The third kappa shape index (κ3) is 2.21. The summed E-state index contributed by atoms with van der Waals surface area (Å²) in [5, 5.41) is 0. The highest BCUT2D eigenvalue weighted by Gasteiger charge is 2.20. The Labute approximate surface area is 102 Å². The van der Waals surface area contributed by atoms with E-state index in [9.17, 15) is 4.79 Å². The van der Waals surface area contributed by atoms with Crippen LogP contribution in [0.5, 0.6) is 5.75 Å². The molecule has 1 aromatic carbocycles. The number of Topliss-reactive ketones (excluding diaryl/α,β-unsaturated/α-hetero) is 1. The second-order valence-corrected chi connectivity index (χ2v) is 5.20. The molecule has 0 radical (unpaired) electrons. The van der Waals surface area contributed by atoms with Crippen molar-refractivity contribution in [2.45, 2.75) is 38.5 Å². The summed E-state index contributed by atoms with van der Waals surface area (Å²) in [5.74, 6) is 1.96. The molecule has 1 saturated carbocycles. The minimum atomic E-state index is 0.280. The minimum absolute atomic E-state index is 0.280. The van der Waals surface area contributed by atoms with Crippen molar-refractivity contribution in [2.24, 2.45) is 5.92 Å². The van der Waals surface area contributed by atoms with Gasteiger partial charge in [0.2, 0.25) is 0 Å². The van der Waals surface area contributed by atoms with E-state index in [0.717, 1.165) is 30.3 Å². The van der Waals surface area contributed by atoms with Gasteiger partial charge < -0.3 is 4.74 Å². The SMILES string of the molecule is O=C1CCc2cc(OCC3CCCC3)ccc21. The quantitative estimate of drug-likeness (QED) is 0.795. The van der Waals surface area contributed by atoms with E-state index in [0.29, 0.717) is 6.42 Å². The maximum absolute atomic E-state index is 11.5. The summed E-state index contributed by atoms with van der Waals surface area (Å²) in [6.45, 7) is 0.840. The van der Waals surface area contributed by atoms with Gasteiger partial charge in [-0.15, -0.1) is 0 Å². The van der Waals surface area contributed by atoms with Crippen LogP contribution in [0.4, 0.5) is 0 Å². The van der Waals surface area contributed by atoms with Crippen LogP contribution in [0, 0.1) is 5.92 Å². The van der Waals surface area contributed by atoms with E-state index in [2.05, 4.69) is 6.07 Å². The lowest BCUT2D eigenvalue weighted by Gasteiger charge is -2.12. The van der Waals surface area contributed by atoms with Gasteiger partial charge in [0.25, 0.3) is 0 Å². The molecule has 2 aliphatic rings. The lowest BCUT2D eigenvalue weighted by atomic mass is 10.1. The molecule has 3 rings (SSSR count). The lowest BCUT2D eigenvalue weighted by Crippen LogP contribution is -2.08. The van der Waals surface area contributed by atoms with Crippen LogP contribution in [-0.4, -0.2) is 12.4 Å². The van der Waals surface area contributed by atoms with Crippen LogP contribution in [0.25, 0.3) is 0 Å². The van der Waals surface area contributed by atoms with Crippen LogP contribution in [0.3, 0.4) is 0 Å². The van der Waals surface area contributed by atoms with E-state index < -0.39 is 0 Å². The zero-order valence-electron chi connectivity index (χ0n) is 10.1. The van der Waals surface area contributed by atoms with Crippen LogP contribution < -0.4 is 4.74 Å². The largest absolute Gasteiger partial charge is 0.493 e. The number of carbonyl (C=O) groups excluding carboxylic acids is 1. The Hall–Kier alpha value is -1.31. The molecule has 0 saturated heterocycles. The van der Waals surface area contributed by atoms with Crippen molar-refractivity contribution in [1.29, 1.82) is 0 Å². The summed E-state index contributed by atoms with van der Waals surface area (Å²) in [7, 11) is 0. The van der Waals surface area contributed by atoms with Crippen molar-refractivity contribution in [3.8, 4) is 5.75 Å². The molecule has 0 aliphatic heterocycles. The summed E-state index contributed by atoms with van der Waals surface area (Å²) in [5.41, 5.74) is 2.07. The number of hydrogen-bond donors (Lipinski definition) is 0. The summed E-state index contributed by atoms with van der Waals surface area (Å²) in [6.07, 6.45) is 6.88. The molecule has 2 nitrogen and oxygen atoms in total. The van der Waals surface area contributed by atoms with Crippen LogP contribution >= 0.6 is 0 Å². The normalized spacial score (nSPS) is 19.6. The Kier molecular flexibility index (Phi) is 2.87. The molecule has 0 atom stereocenters. The van der Waals surface area contributed by atoms with Crippen molar-refractivity contribution in [1.82, 2.24) is 0 Å². The Morgan fingerprint density at radius 3 is 2.82 bits per heavy atom. The van der Waals surface area contributed by atoms with Gasteiger partial charge in [0.15, 0.2) is 5.78 Å². The molecule has 0 unspecified atom stereocenters. The first-order valence-corrected chi connectivity index (χ1v) is 6.62. The first-order valence-electron chi connectivity index (χ1n) is 6.62. The molecule has 2 aliphatic carbocycles. The molecular formula is C15H18O2. The topological polar surface area (TPSA) is 26.3 Å². The number of ether oxygens (including phenoxy) is 1. The van der Waals surface area contributed by atoms with Crippen molar-refractivity contribution < 1.29 is 9.53 Å². The number of aryl methyl sites for hydroxylation is 1. The van der Waals surface area contributed by atoms with E-state index in [4.69, 9.17) is 4.74 Å². The van der Waals surface area contributed by atoms with Gasteiger partial charge in [-0.3, -0.25) is 4.79 Å². The zero-order valence-corrected chi connectivity index (χ0v) is 10.1. The number of fused-ring (bicyclic) bond motifs is 1. The van der Waals surface area contributed by atoms with Gasteiger partial charge in [-0.05, 0) is 48.9 Å². The molecular weight excluding hydrogens is 212 g/mol. The molecule has 0 aromatic heterocycles. The first-order chi connectivity index (χ1) is 8.33. The highest BCUT2D eigenvalue weighted by atomic mass is 16.5. The fourth-order valence-corrected chi connectivity index (χ4v) is 2.91. The van der Waals surface area contributed by atoms with Crippen LogP contribution in [0.1, 0.15) is 48.0 Å². The molecule has 17 heavy (non-hydrogen) atoms. The van der Waals surface area contributed by atoms with Crippen molar-refractivity contribution >= 4 is 5.78 Å². The Morgan fingerprint density at radius 2 is 2.00 bits per heavy atom. The molecule has 90 valence electrons. The molecule has 1 aromatic rings. The summed E-state index contributed by atoms with van der Waals surface area (Å²) in [4.78, 5) is 11.5. The fourth-order valence-electron chi connectivity index (χ4n) is 2.91. The van der Waals surface area contributed by atoms with E-state index in [1.165, 1.54) is 31.2 Å². The predicted molar refractivity (Wildman–Crippen MR) is 66.5 cm³/mol. The Bertz CT molecular complexity index is 431. The highest BCUT2D eigenvalue weighted by Crippen LogP contribution is 2.28. The molecule has 0 amide bonds. The minimum Gasteiger partial charge on any atom is -0.493 e. The predicted octanol–water partition coefficient (Wildman–Crippen LogP) is 3.38. The summed E-state index contributed by atoms with van der Waals surface area (Å²) in [6, 6.07) is 5.92. The van der Waals surface area contributed by atoms with Gasteiger partial charge in [0.05, 0.1) is 6.61 Å². The van der Waals surface area contributed by atoms with Crippen LogP contribution in [0.2, 0.25) is 0 Å². The average Bonchev–Trinajstić information content (AvgIpc) is 2.97. The fraction of sp³-hybridized carbons (Fsp3) is 0.533. The van der Waals surface area contributed by atoms with Gasteiger partial charge in [-0.2, -0.15) is 0 Å². The number of hydrogen-bond acceptors (Lipinski definition) is 2. The molecule has 0 spiro atoms.